The average Bonchev–Trinajstić information content (AvgIpc) is 3.12. The number of amides is 1. The van der Waals surface area contributed by atoms with Gasteiger partial charge in [0.1, 0.15) is 5.56 Å². The SMILES string of the molecule is O=C(c1cnn2cccnc12)N1CCC(C(=O)O)(c2ccccc2)CC1. The summed E-state index contributed by atoms with van der Waals surface area (Å²) in [5.74, 6) is -1.00. The molecule has 0 radical (unpaired) electrons. The molecular weight excluding hydrogens is 332 g/mol. The molecule has 7 nitrogen and oxygen atoms in total. The third kappa shape index (κ3) is 2.52. The second kappa shape index (κ2) is 6.25. The highest BCUT2D eigenvalue weighted by Crippen LogP contribution is 2.36. The van der Waals surface area contributed by atoms with Crippen molar-refractivity contribution in [1.82, 2.24) is 19.5 Å². The van der Waals surface area contributed by atoms with Crippen LogP contribution in [0.3, 0.4) is 0 Å². The maximum atomic E-state index is 12.9. The molecule has 1 amide bonds. The van der Waals surface area contributed by atoms with Crippen LogP contribution in [0.4, 0.5) is 0 Å². The molecule has 0 spiro atoms. The Morgan fingerprint density at radius 1 is 1.08 bits per heavy atom. The van der Waals surface area contributed by atoms with Crippen molar-refractivity contribution >= 4 is 17.5 Å². The largest absolute Gasteiger partial charge is 0.481 e. The first-order chi connectivity index (χ1) is 12.6. The van der Waals surface area contributed by atoms with E-state index in [1.165, 1.54) is 6.20 Å². The van der Waals surface area contributed by atoms with E-state index in [9.17, 15) is 14.7 Å². The second-order valence-corrected chi connectivity index (χ2v) is 6.49. The van der Waals surface area contributed by atoms with Crippen molar-refractivity contribution in [3.8, 4) is 0 Å². The van der Waals surface area contributed by atoms with Gasteiger partial charge in [0.15, 0.2) is 5.65 Å². The molecule has 26 heavy (non-hydrogen) atoms. The normalized spacial score (nSPS) is 16.5. The topological polar surface area (TPSA) is 87.8 Å². The maximum absolute atomic E-state index is 12.9. The number of carbonyl (C=O) groups is 2. The molecule has 0 bridgehead atoms. The van der Waals surface area contributed by atoms with Crippen molar-refractivity contribution in [3.63, 3.8) is 0 Å². The molecule has 3 heterocycles. The summed E-state index contributed by atoms with van der Waals surface area (Å²) in [5, 5.41) is 14.0. The fourth-order valence-electron chi connectivity index (χ4n) is 3.62. The van der Waals surface area contributed by atoms with Crippen molar-refractivity contribution in [3.05, 3.63) is 66.1 Å². The Bertz CT molecular complexity index is 959. The van der Waals surface area contributed by atoms with Crippen molar-refractivity contribution in [1.29, 1.82) is 0 Å². The summed E-state index contributed by atoms with van der Waals surface area (Å²) in [6.45, 7) is 0.758. The molecule has 132 valence electrons. The molecule has 1 aliphatic heterocycles. The number of piperidine rings is 1. The van der Waals surface area contributed by atoms with Crippen molar-refractivity contribution in [2.75, 3.05) is 13.1 Å². The molecule has 7 heteroatoms. The quantitative estimate of drug-likeness (QED) is 0.780. The number of aromatic nitrogens is 3. The smallest absolute Gasteiger partial charge is 0.314 e. The lowest BCUT2D eigenvalue weighted by Crippen LogP contribution is -2.49. The number of hydrogen-bond acceptors (Lipinski definition) is 4. The lowest BCUT2D eigenvalue weighted by molar-refractivity contribution is -0.145. The molecule has 1 N–H and O–H groups in total. The number of hydrogen-bond donors (Lipinski definition) is 1. The van der Waals surface area contributed by atoms with Gasteiger partial charge in [-0.2, -0.15) is 5.10 Å². The van der Waals surface area contributed by atoms with Crippen LogP contribution >= 0.6 is 0 Å². The summed E-state index contributed by atoms with van der Waals surface area (Å²) in [4.78, 5) is 30.8. The number of nitrogens with zero attached hydrogens (tertiary/aromatic N) is 4. The van der Waals surface area contributed by atoms with Crippen LogP contribution in [0.2, 0.25) is 0 Å². The molecule has 4 rings (SSSR count). The summed E-state index contributed by atoms with van der Waals surface area (Å²) >= 11 is 0. The van der Waals surface area contributed by atoms with Gasteiger partial charge in [0.25, 0.3) is 5.91 Å². The van der Waals surface area contributed by atoms with Crippen LogP contribution in [0.1, 0.15) is 28.8 Å². The highest BCUT2D eigenvalue weighted by Gasteiger charge is 2.44. The van der Waals surface area contributed by atoms with Crippen molar-refractivity contribution in [2.24, 2.45) is 0 Å². The van der Waals surface area contributed by atoms with Gasteiger partial charge in [0.05, 0.1) is 11.6 Å². The molecule has 2 aromatic heterocycles. The fraction of sp³-hybridized carbons (Fsp3) is 0.263. The number of carboxylic acid groups (broad SMARTS) is 1. The van der Waals surface area contributed by atoms with Gasteiger partial charge in [0.2, 0.25) is 0 Å². The Hall–Kier alpha value is -3.22. The van der Waals surface area contributed by atoms with Crippen LogP contribution in [0, 0.1) is 0 Å². The zero-order valence-corrected chi connectivity index (χ0v) is 14.1. The van der Waals surface area contributed by atoms with Gasteiger partial charge in [-0.05, 0) is 24.5 Å². The molecule has 0 saturated carbocycles. The van der Waals surface area contributed by atoms with E-state index in [2.05, 4.69) is 10.1 Å². The zero-order valence-electron chi connectivity index (χ0n) is 14.1. The van der Waals surface area contributed by atoms with Crippen molar-refractivity contribution < 1.29 is 14.7 Å². The lowest BCUT2D eigenvalue weighted by atomic mass is 9.73. The number of fused-ring (bicyclic) bond motifs is 1. The van der Waals surface area contributed by atoms with E-state index in [0.29, 0.717) is 37.1 Å². The van der Waals surface area contributed by atoms with Crippen LogP contribution in [0.25, 0.3) is 5.65 Å². The van der Waals surface area contributed by atoms with E-state index in [-0.39, 0.29) is 5.91 Å². The first-order valence-electron chi connectivity index (χ1n) is 8.48. The average molecular weight is 350 g/mol. The van der Waals surface area contributed by atoms with Crippen LogP contribution < -0.4 is 0 Å². The van der Waals surface area contributed by atoms with E-state index in [0.717, 1.165) is 5.56 Å². The minimum atomic E-state index is -0.947. The van der Waals surface area contributed by atoms with E-state index < -0.39 is 11.4 Å². The third-order valence-electron chi connectivity index (χ3n) is 5.15. The number of benzene rings is 1. The Morgan fingerprint density at radius 2 is 1.81 bits per heavy atom. The number of rotatable bonds is 3. The van der Waals surface area contributed by atoms with Crippen LogP contribution in [-0.2, 0) is 10.2 Å². The molecule has 1 saturated heterocycles. The summed E-state index contributed by atoms with van der Waals surface area (Å²) in [5.41, 5.74) is 0.790. The molecule has 0 unspecified atom stereocenters. The van der Waals surface area contributed by atoms with E-state index in [1.54, 1.807) is 27.9 Å². The van der Waals surface area contributed by atoms with Crippen LogP contribution in [0.15, 0.2) is 55.0 Å². The molecule has 0 atom stereocenters. The second-order valence-electron chi connectivity index (χ2n) is 6.49. The summed E-state index contributed by atoms with van der Waals surface area (Å²) < 4.78 is 1.56. The number of likely N-dealkylation sites (tertiary alicyclic amines) is 1. The van der Waals surface area contributed by atoms with E-state index >= 15 is 0 Å². The van der Waals surface area contributed by atoms with Gasteiger partial charge < -0.3 is 10.0 Å². The summed E-state index contributed by atoms with van der Waals surface area (Å²) in [6.07, 6.45) is 5.63. The summed E-state index contributed by atoms with van der Waals surface area (Å²) in [6, 6.07) is 11.0. The molecule has 1 fully saturated rings. The molecule has 1 aliphatic rings. The number of aliphatic carboxylic acids is 1. The predicted molar refractivity (Wildman–Crippen MR) is 93.9 cm³/mol. The van der Waals surface area contributed by atoms with Crippen LogP contribution in [-0.4, -0.2) is 49.6 Å². The zero-order chi connectivity index (χ0) is 18.1. The van der Waals surface area contributed by atoms with Gasteiger partial charge in [-0.15, -0.1) is 0 Å². The van der Waals surface area contributed by atoms with Gasteiger partial charge in [0, 0.05) is 25.5 Å². The number of carbonyl (C=O) groups excluding carboxylic acids is 1. The standard InChI is InChI=1S/C19H18N4O3/c24-17(15-13-21-23-10-4-9-20-16(15)23)22-11-7-19(8-12-22,18(25)26)14-5-2-1-3-6-14/h1-6,9-10,13H,7-8,11-12H2,(H,25,26). The highest BCUT2D eigenvalue weighted by molar-refractivity contribution is 5.99. The molecular formula is C19H18N4O3. The van der Waals surface area contributed by atoms with Crippen LogP contribution in [0.5, 0.6) is 0 Å². The van der Waals surface area contributed by atoms with Gasteiger partial charge >= 0.3 is 5.97 Å². The van der Waals surface area contributed by atoms with Gasteiger partial charge in [-0.1, -0.05) is 30.3 Å². The van der Waals surface area contributed by atoms with Gasteiger partial charge in [-0.25, -0.2) is 9.50 Å². The predicted octanol–water partition coefficient (Wildman–Crippen LogP) is 1.99. The Labute approximate surface area is 149 Å². The van der Waals surface area contributed by atoms with Gasteiger partial charge in [-0.3, -0.25) is 9.59 Å². The first-order valence-corrected chi connectivity index (χ1v) is 8.48. The maximum Gasteiger partial charge on any atom is 0.314 e. The van der Waals surface area contributed by atoms with E-state index in [1.807, 2.05) is 30.3 Å². The first kappa shape index (κ1) is 16.3. The van der Waals surface area contributed by atoms with E-state index in [4.69, 9.17) is 0 Å². The molecule has 1 aromatic carbocycles. The monoisotopic (exact) mass is 350 g/mol. The Balaban J connectivity index is 1.58. The third-order valence-corrected chi connectivity index (χ3v) is 5.15. The Morgan fingerprint density at radius 3 is 2.50 bits per heavy atom. The fourth-order valence-corrected chi connectivity index (χ4v) is 3.62. The highest BCUT2D eigenvalue weighted by atomic mass is 16.4. The van der Waals surface area contributed by atoms with Crippen molar-refractivity contribution in [2.45, 2.75) is 18.3 Å². The number of carboxylic acids is 1. The minimum Gasteiger partial charge on any atom is -0.481 e. The Kier molecular flexibility index (Phi) is 3.91. The molecule has 0 aliphatic carbocycles. The summed E-state index contributed by atoms with van der Waals surface area (Å²) in [7, 11) is 0. The lowest BCUT2D eigenvalue weighted by Gasteiger charge is -2.39. The minimum absolute atomic E-state index is 0.161. The molecule has 3 aromatic rings.